The van der Waals surface area contributed by atoms with E-state index >= 15 is 0 Å². The number of benzene rings is 1. The minimum absolute atomic E-state index is 0.0193. The highest BCUT2D eigenvalue weighted by Crippen LogP contribution is 2.47. The summed E-state index contributed by atoms with van der Waals surface area (Å²) < 4.78 is 0. The predicted molar refractivity (Wildman–Crippen MR) is 136 cm³/mol. The lowest BCUT2D eigenvalue weighted by atomic mass is 9.63. The summed E-state index contributed by atoms with van der Waals surface area (Å²) >= 11 is 1.76. The summed E-state index contributed by atoms with van der Waals surface area (Å²) in [5, 5.41) is 15.2. The van der Waals surface area contributed by atoms with Crippen LogP contribution in [0.3, 0.4) is 0 Å². The van der Waals surface area contributed by atoms with Crippen molar-refractivity contribution in [1.82, 2.24) is 15.2 Å². The van der Waals surface area contributed by atoms with Crippen molar-refractivity contribution >= 4 is 17.4 Å². The average Bonchev–Trinajstić information content (AvgIpc) is 3.30. The van der Waals surface area contributed by atoms with E-state index in [0.717, 1.165) is 44.5 Å². The largest absolute Gasteiger partial charge is 0.396 e. The van der Waals surface area contributed by atoms with Gasteiger partial charge in [-0.1, -0.05) is 39.8 Å². The fourth-order valence-electron chi connectivity index (χ4n) is 5.23. The molecule has 0 saturated carbocycles. The first kappa shape index (κ1) is 24.2. The third kappa shape index (κ3) is 5.27. The maximum absolute atomic E-state index is 12.3. The molecule has 0 radical (unpaired) electrons. The highest BCUT2D eigenvalue weighted by Gasteiger charge is 2.37. The summed E-state index contributed by atoms with van der Waals surface area (Å²) in [4.78, 5) is 19.3. The quantitative estimate of drug-likeness (QED) is 0.524. The number of piperidine rings is 1. The third-order valence-electron chi connectivity index (χ3n) is 7.66. The van der Waals surface area contributed by atoms with E-state index in [-0.39, 0.29) is 23.5 Å². The molecule has 1 saturated heterocycles. The van der Waals surface area contributed by atoms with Crippen LogP contribution in [0.15, 0.2) is 23.6 Å². The molecular weight excluding hydrogens is 430 g/mol. The highest BCUT2D eigenvalue weighted by molar-refractivity contribution is 7.10. The molecule has 0 bridgehead atoms. The number of aliphatic hydroxyl groups is 1. The van der Waals surface area contributed by atoms with Crippen LogP contribution in [0.2, 0.25) is 0 Å². The zero-order valence-electron chi connectivity index (χ0n) is 20.6. The molecule has 180 valence electrons. The number of nitrogens with zero attached hydrogens (tertiary/aromatic N) is 2. The maximum atomic E-state index is 12.3. The van der Waals surface area contributed by atoms with Crippen LogP contribution < -0.4 is 5.32 Å². The number of likely N-dealkylation sites (tertiary alicyclic amines) is 1. The topological polar surface area (TPSA) is 65.5 Å². The molecule has 1 aliphatic carbocycles. The van der Waals surface area contributed by atoms with Crippen molar-refractivity contribution in [2.75, 3.05) is 26.2 Å². The van der Waals surface area contributed by atoms with Crippen LogP contribution in [-0.4, -0.2) is 47.3 Å². The normalized spacial score (nSPS) is 19.8. The number of urea groups is 1. The molecule has 1 aromatic carbocycles. The summed E-state index contributed by atoms with van der Waals surface area (Å²) in [5.41, 5.74) is 5.70. The fraction of sp³-hybridized carbons (Fsp3) is 0.630. The smallest absolute Gasteiger partial charge is 0.317 e. The summed E-state index contributed by atoms with van der Waals surface area (Å²) in [6.45, 7) is 11.8. The molecule has 2 heterocycles. The molecule has 1 aromatic heterocycles. The lowest BCUT2D eigenvalue weighted by molar-refractivity contribution is 0.181. The van der Waals surface area contributed by atoms with Gasteiger partial charge < -0.3 is 15.3 Å². The van der Waals surface area contributed by atoms with Crippen molar-refractivity contribution in [1.29, 1.82) is 0 Å². The number of carbonyl (C=O) groups is 1. The van der Waals surface area contributed by atoms with Gasteiger partial charge in [-0.15, -0.1) is 11.3 Å². The van der Waals surface area contributed by atoms with Gasteiger partial charge in [0.05, 0.1) is 10.7 Å². The Morgan fingerprint density at radius 2 is 1.82 bits per heavy atom. The molecular formula is C27H39N3O2S. The van der Waals surface area contributed by atoms with Crippen LogP contribution in [-0.2, 0) is 10.8 Å². The molecule has 1 fully saturated rings. The Morgan fingerprint density at radius 1 is 1.12 bits per heavy atom. The number of hydrogen-bond donors (Lipinski definition) is 2. The van der Waals surface area contributed by atoms with E-state index in [4.69, 9.17) is 10.1 Å². The van der Waals surface area contributed by atoms with Crippen molar-refractivity contribution in [3.63, 3.8) is 0 Å². The molecule has 2 N–H and O–H groups in total. The molecule has 2 amide bonds. The number of aliphatic hydroxyl groups excluding tert-OH is 1. The van der Waals surface area contributed by atoms with Gasteiger partial charge in [0.2, 0.25) is 0 Å². The number of fused-ring (bicyclic) bond motifs is 1. The highest BCUT2D eigenvalue weighted by atomic mass is 32.1. The molecule has 4 rings (SSSR count). The molecule has 33 heavy (non-hydrogen) atoms. The molecule has 2 aliphatic rings. The third-order valence-corrected chi connectivity index (χ3v) is 8.67. The van der Waals surface area contributed by atoms with Gasteiger partial charge >= 0.3 is 6.03 Å². The monoisotopic (exact) mass is 469 g/mol. The number of unbranched alkanes of at least 4 members (excludes halogenated alkanes) is 1. The fourth-order valence-corrected chi connectivity index (χ4v) is 6.23. The van der Waals surface area contributed by atoms with Crippen LogP contribution in [0.25, 0.3) is 11.3 Å². The van der Waals surface area contributed by atoms with Crippen molar-refractivity contribution in [3.8, 4) is 11.3 Å². The number of aromatic nitrogens is 1. The second-order valence-corrected chi connectivity index (χ2v) is 11.9. The van der Waals surface area contributed by atoms with Gasteiger partial charge in [-0.25, -0.2) is 9.78 Å². The molecule has 1 aliphatic heterocycles. The Balaban J connectivity index is 1.41. The van der Waals surface area contributed by atoms with E-state index in [1.807, 2.05) is 4.90 Å². The Hall–Kier alpha value is -1.92. The van der Waals surface area contributed by atoms with Crippen molar-refractivity contribution in [2.24, 2.45) is 0 Å². The van der Waals surface area contributed by atoms with Crippen molar-refractivity contribution < 1.29 is 9.90 Å². The number of nitrogens with one attached hydrogen (secondary N) is 1. The summed E-state index contributed by atoms with van der Waals surface area (Å²) in [5.74, 6) is 0.426. The van der Waals surface area contributed by atoms with Crippen LogP contribution >= 0.6 is 11.3 Å². The van der Waals surface area contributed by atoms with E-state index in [1.165, 1.54) is 34.5 Å². The van der Waals surface area contributed by atoms with Crippen LogP contribution in [0.4, 0.5) is 4.79 Å². The Bertz CT molecular complexity index is 973. The SMILES string of the molecule is CC1(C)CCC(C)(C)c2cc(-c3csc(C4CCN(C(=O)NCCCCO)CC4)n3)ccc21. The lowest BCUT2D eigenvalue weighted by Crippen LogP contribution is -2.44. The maximum Gasteiger partial charge on any atom is 0.317 e. The zero-order valence-corrected chi connectivity index (χ0v) is 21.4. The zero-order chi connectivity index (χ0) is 23.6. The van der Waals surface area contributed by atoms with Gasteiger partial charge in [0.15, 0.2) is 0 Å². The first-order valence-electron chi connectivity index (χ1n) is 12.5. The lowest BCUT2D eigenvalue weighted by Gasteiger charge is -2.42. The number of thiazole rings is 1. The first-order valence-corrected chi connectivity index (χ1v) is 13.3. The van der Waals surface area contributed by atoms with Gasteiger partial charge in [0.25, 0.3) is 0 Å². The second-order valence-electron chi connectivity index (χ2n) is 11.0. The molecule has 0 unspecified atom stereocenters. The van der Waals surface area contributed by atoms with Gasteiger partial charge in [0.1, 0.15) is 0 Å². The van der Waals surface area contributed by atoms with Gasteiger partial charge in [-0.2, -0.15) is 0 Å². The van der Waals surface area contributed by atoms with Gasteiger partial charge in [0, 0.05) is 43.1 Å². The van der Waals surface area contributed by atoms with Gasteiger partial charge in [-0.3, -0.25) is 0 Å². The molecule has 5 nitrogen and oxygen atoms in total. The van der Waals surface area contributed by atoms with E-state index in [2.05, 4.69) is 56.6 Å². The van der Waals surface area contributed by atoms with Crippen LogP contribution in [0.5, 0.6) is 0 Å². The number of carbonyl (C=O) groups excluding carboxylic acids is 1. The molecule has 0 spiro atoms. The minimum atomic E-state index is 0.0193. The second kappa shape index (κ2) is 9.75. The average molecular weight is 470 g/mol. The minimum Gasteiger partial charge on any atom is -0.396 e. The van der Waals surface area contributed by atoms with Gasteiger partial charge in [-0.05, 0) is 66.5 Å². The Morgan fingerprint density at radius 3 is 2.52 bits per heavy atom. The number of rotatable bonds is 6. The molecule has 0 atom stereocenters. The van der Waals surface area contributed by atoms with Crippen molar-refractivity contribution in [2.45, 2.75) is 83.0 Å². The van der Waals surface area contributed by atoms with Crippen molar-refractivity contribution in [3.05, 3.63) is 39.7 Å². The van der Waals surface area contributed by atoms with Crippen LogP contribution in [0.1, 0.15) is 88.3 Å². The molecule has 6 heteroatoms. The van der Waals surface area contributed by atoms with E-state index in [1.54, 1.807) is 11.3 Å². The van der Waals surface area contributed by atoms with E-state index in [0.29, 0.717) is 12.5 Å². The summed E-state index contributed by atoms with van der Waals surface area (Å²) in [6, 6.07) is 7.00. The number of hydrogen-bond acceptors (Lipinski definition) is 4. The summed E-state index contributed by atoms with van der Waals surface area (Å²) in [6.07, 6.45) is 5.91. The van der Waals surface area contributed by atoms with E-state index < -0.39 is 0 Å². The number of amides is 2. The molecule has 2 aromatic rings. The van der Waals surface area contributed by atoms with E-state index in [9.17, 15) is 4.79 Å². The standard InChI is InChI=1S/C27H39N3O2S/c1-26(2)11-12-27(3,4)22-17-20(7-8-21(22)26)23-18-33-24(29-23)19-9-14-30(15-10-19)25(32)28-13-5-6-16-31/h7-8,17-19,31H,5-6,9-16H2,1-4H3,(H,28,32). The predicted octanol–water partition coefficient (Wildman–Crippen LogP) is 5.82. The Kier molecular flexibility index (Phi) is 7.15. The Labute approximate surface area is 202 Å². The summed E-state index contributed by atoms with van der Waals surface area (Å²) in [7, 11) is 0. The first-order chi connectivity index (χ1) is 15.7. The van der Waals surface area contributed by atoms with Crippen LogP contribution in [0, 0.1) is 0 Å².